The van der Waals surface area contributed by atoms with Crippen LogP contribution < -0.4 is 5.73 Å². The highest BCUT2D eigenvalue weighted by atomic mass is 15.2. The van der Waals surface area contributed by atoms with E-state index in [0.29, 0.717) is 12.1 Å². The fourth-order valence-corrected chi connectivity index (χ4v) is 1.50. The van der Waals surface area contributed by atoms with Crippen LogP contribution >= 0.6 is 0 Å². The lowest BCUT2D eigenvalue weighted by Gasteiger charge is -2.40. The summed E-state index contributed by atoms with van der Waals surface area (Å²) in [7, 11) is 2.19. The van der Waals surface area contributed by atoms with Crippen molar-refractivity contribution in [1.82, 2.24) is 4.90 Å². The molecule has 1 rings (SSSR count). The van der Waals surface area contributed by atoms with Gasteiger partial charge in [0.25, 0.3) is 0 Å². The minimum atomic E-state index is 0.292. The van der Waals surface area contributed by atoms with Gasteiger partial charge in [0.1, 0.15) is 0 Å². The molecule has 0 aliphatic heterocycles. The highest BCUT2D eigenvalue weighted by Gasteiger charge is 2.26. The summed E-state index contributed by atoms with van der Waals surface area (Å²) in [4.78, 5) is 2.42. The van der Waals surface area contributed by atoms with Crippen molar-refractivity contribution >= 4 is 0 Å². The van der Waals surface area contributed by atoms with Gasteiger partial charge in [-0.2, -0.15) is 0 Å². The Bertz CT molecular complexity index is 119. The maximum atomic E-state index is 5.81. The predicted octanol–water partition coefficient (Wildman–Crippen LogP) is 1.21. The molecule has 2 nitrogen and oxygen atoms in total. The van der Waals surface area contributed by atoms with Gasteiger partial charge in [-0.3, -0.25) is 4.90 Å². The van der Waals surface area contributed by atoms with Crippen molar-refractivity contribution < 1.29 is 0 Å². The number of rotatable bonds is 3. The molecule has 1 saturated carbocycles. The molecule has 0 amide bonds. The van der Waals surface area contributed by atoms with Crippen LogP contribution in [0.25, 0.3) is 0 Å². The molecule has 1 aliphatic rings. The molecule has 66 valence electrons. The molecule has 11 heavy (non-hydrogen) atoms. The Morgan fingerprint density at radius 3 is 2.18 bits per heavy atom. The Morgan fingerprint density at radius 1 is 1.36 bits per heavy atom. The molecule has 2 atom stereocenters. The quantitative estimate of drug-likeness (QED) is 0.665. The van der Waals surface area contributed by atoms with E-state index in [-0.39, 0.29) is 0 Å². The number of hydrogen-bond acceptors (Lipinski definition) is 2. The number of nitrogens with zero attached hydrogens (tertiary/aromatic N) is 1. The van der Waals surface area contributed by atoms with Crippen LogP contribution in [0.4, 0.5) is 0 Å². The van der Waals surface area contributed by atoms with Gasteiger partial charge in [0.05, 0.1) is 0 Å². The van der Waals surface area contributed by atoms with Gasteiger partial charge in [0.15, 0.2) is 0 Å². The maximum Gasteiger partial charge on any atom is 0.0216 e. The van der Waals surface area contributed by atoms with E-state index >= 15 is 0 Å². The lowest BCUT2D eigenvalue weighted by molar-refractivity contribution is 0.107. The molecule has 0 spiro atoms. The lowest BCUT2D eigenvalue weighted by Crippen LogP contribution is -2.49. The zero-order chi connectivity index (χ0) is 8.43. The zero-order valence-corrected chi connectivity index (χ0v) is 7.88. The van der Waals surface area contributed by atoms with Crippen molar-refractivity contribution in [3.05, 3.63) is 0 Å². The molecule has 1 aliphatic carbocycles. The van der Waals surface area contributed by atoms with Gasteiger partial charge in [-0.05, 0) is 33.7 Å². The first-order valence-electron chi connectivity index (χ1n) is 4.60. The Labute approximate surface area is 69.8 Å². The van der Waals surface area contributed by atoms with Gasteiger partial charge in [-0.15, -0.1) is 0 Å². The van der Waals surface area contributed by atoms with E-state index in [4.69, 9.17) is 5.73 Å². The molecule has 0 saturated heterocycles. The van der Waals surface area contributed by atoms with Crippen LogP contribution in [-0.4, -0.2) is 30.1 Å². The summed E-state index contributed by atoms with van der Waals surface area (Å²) in [6.07, 6.45) is 4.14. The predicted molar refractivity (Wildman–Crippen MR) is 48.5 cm³/mol. The molecular weight excluding hydrogens is 136 g/mol. The fourth-order valence-electron chi connectivity index (χ4n) is 1.50. The summed E-state index contributed by atoms with van der Waals surface area (Å²) in [6.45, 7) is 4.29. The summed E-state index contributed by atoms with van der Waals surface area (Å²) in [5, 5.41) is 0. The Hall–Kier alpha value is -0.0800. The van der Waals surface area contributed by atoms with E-state index in [1.54, 1.807) is 0 Å². The largest absolute Gasteiger partial charge is 0.327 e. The standard InChI is InChI=1S/C9H20N2/c1-7(10)8(2)11(3)9-5-4-6-9/h7-9H,4-6,10H2,1-3H3. The normalized spacial score (nSPS) is 24.8. The molecule has 0 aromatic rings. The van der Waals surface area contributed by atoms with Crippen LogP contribution in [-0.2, 0) is 0 Å². The van der Waals surface area contributed by atoms with E-state index in [0.717, 1.165) is 6.04 Å². The third kappa shape index (κ3) is 1.94. The second kappa shape index (κ2) is 3.55. The first kappa shape index (κ1) is 9.01. The second-order valence-corrected chi connectivity index (χ2v) is 3.85. The summed E-state index contributed by atoms with van der Waals surface area (Å²) in [6, 6.07) is 1.64. The SMILES string of the molecule is CC(N)C(C)N(C)C1CCC1. The summed E-state index contributed by atoms with van der Waals surface area (Å²) < 4.78 is 0. The molecule has 0 aromatic heterocycles. The van der Waals surface area contributed by atoms with Crippen molar-refractivity contribution in [3.63, 3.8) is 0 Å². The van der Waals surface area contributed by atoms with Crippen molar-refractivity contribution in [3.8, 4) is 0 Å². The van der Waals surface area contributed by atoms with Gasteiger partial charge in [0.2, 0.25) is 0 Å². The molecular formula is C9H20N2. The van der Waals surface area contributed by atoms with Gasteiger partial charge < -0.3 is 5.73 Å². The van der Waals surface area contributed by atoms with Crippen LogP contribution in [0.15, 0.2) is 0 Å². The fraction of sp³-hybridized carbons (Fsp3) is 1.00. The molecule has 0 heterocycles. The van der Waals surface area contributed by atoms with Gasteiger partial charge in [0, 0.05) is 18.1 Å². The van der Waals surface area contributed by atoms with Crippen LogP contribution in [0.1, 0.15) is 33.1 Å². The van der Waals surface area contributed by atoms with E-state index in [9.17, 15) is 0 Å². The topological polar surface area (TPSA) is 29.3 Å². The molecule has 2 unspecified atom stereocenters. The summed E-state index contributed by atoms with van der Waals surface area (Å²) >= 11 is 0. The Morgan fingerprint density at radius 2 is 1.91 bits per heavy atom. The van der Waals surface area contributed by atoms with Crippen molar-refractivity contribution in [2.45, 2.75) is 51.2 Å². The minimum Gasteiger partial charge on any atom is -0.327 e. The number of hydrogen-bond donors (Lipinski definition) is 1. The number of nitrogens with two attached hydrogens (primary N) is 1. The summed E-state index contributed by atoms with van der Waals surface area (Å²) in [5.41, 5.74) is 5.81. The van der Waals surface area contributed by atoms with Crippen LogP contribution in [0.2, 0.25) is 0 Å². The molecule has 0 radical (unpaired) electrons. The van der Waals surface area contributed by atoms with Crippen molar-refractivity contribution in [2.24, 2.45) is 5.73 Å². The Kier molecular flexibility index (Phi) is 2.90. The molecule has 0 bridgehead atoms. The van der Waals surface area contributed by atoms with Crippen molar-refractivity contribution in [1.29, 1.82) is 0 Å². The van der Waals surface area contributed by atoms with Gasteiger partial charge in [-0.1, -0.05) is 6.42 Å². The van der Waals surface area contributed by atoms with E-state index in [1.165, 1.54) is 19.3 Å². The third-order valence-electron chi connectivity index (χ3n) is 3.05. The van der Waals surface area contributed by atoms with E-state index in [2.05, 4.69) is 25.8 Å². The first-order valence-corrected chi connectivity index (χ1v) is 4.60. The number of likely N-dealkylation sites (N-methyl/N-ethyl adjacent to an activating group) is 1. The van der Waals surface area contributed by atoms with Crippen LogP contribution in [0, 0.1) is 0 Å². The average Bonchev–Trinajstić information content (AvgIpc) is 1.82. The highest BCUT2D eigenvalue weighted by molar-refractivity contribution is 4.83. The smallest absolute Gasteiger partial charge is 0.0216 e. The maximum absolute atomic E-state index is 5.81. The van der Waals surface area contributed by atoms with E-state index < -0.39 is 0 Å². The first-order chi connectivity index (χ1) is 5.13. The Balaban J connectivity index is 2.32. The molecule has 1 fully saturated rings. The lowest BCUT2D eigenvalue weighted by atomic mass is 9.90. The third-order valence-corrected chi connectivity index (χ3v) is 3.05. The highest BCUT2D eigenvalue weighted by Crippen LogP contribution is 2.25. The van der Waals surface area contributed by atoms with Gasteiger partial charge in [-0.25, -0.2) is 0 Å². The minimum absolute atomic E-state index is 0.292. The molecule has 2 heteroatoms. The van der Waals surface area contributed by atoms with Gasteiger partial charge >= 0.3 is 0 Å². The van der Waals surface area contributed by atoms with Crippen LogP contribution in [0.5, 0.6) is 0 Å². The van der Waals surface area contributed by atoms with Crippen molar-refractivity contribution in [2.75, 3.05) is 7.05 Å². The zero-order valence-electron chi connectivity index (χ0n) is 7.88. The second-order valence-electron chi connectivity index (χ2n) is 3.85. The molecule has 2 N–H and O–H groups in total. The van der Waals surface area contributed by atoms with Crippen LogP contribution in [0.3, 0.4) is 0 Å². The molecule has 0 aromatic carbocycles. The van der Waals surface area contributed by atoms with E-state index in [1.807, 2.05) is 0 Å². The average molecular weight is 156 g/mol. The summed E-state index contributed by atoms with van der Waals surface area (Å²) in [5.74, 6) is 0. The monoisotopic (exact) mass is 156 g/mol.